The number of ether oxygens (including phenoxy) is 1. The number of rotatable bonds is 54. The number of hydrogen-bond acceptors (Lipinski definition) is 5. The highest BCUT2D eigenvalue weighted by molar-refractivity contribution is 5.76. The molecule has 64 heavy (non-hydrogen) atoms. The third-order valence-corrected chi connectivity index (χ3v) is 13.6. The van der Waals surface area contributed by atoms with E-state index in [2.05, 4.69) is 31.3 Å². The number of allylic oxidation sites excluding steroid dienone is 2. The fraction of sp³-hybridized carbons (Fsp3) is 0.931. The Morgan fingerprint density at radius 2 is 0.734 bits per heavy atom. The first-order valence-electron chi connectivity index (χ1n) is 28.9. The Hall–Kier alpha value is -1.40. The third-order valence-electron chi connectivity index (χ3n) is 13.6. The Bertz CT molecular complexity index is 955. The maximum absolute atomic E-state index is 12.4. The van der Waals surface area contributed by atoms with Crippen LogP contribution in [0, 0.1) is 0 Å². The summed E-state index contributed by atoms with van der Waals surface area (Å²) in [5.74, 6) is -0.0323. The highest BCUT2D eigenvalue weighted by Gasteiger charge is 2.20. The number of aliphatic hydroxyl groups excluding tert-OH is 2. The lowest BCUT2D eigenvalue weighted by molar-refractivity contribution is -0.143. The highest BCUT2D eigenvalue weighted by Crippen LogP contribution is 2.17. The van der Waals surface area contributed by atoms with Crippen LogP contribution in [0.2, 0.25) is 0 Å². The lowest BCUT2D eigenvalue weighted by atomic mass is 10.0. The molecule has 0 rings (SSSR count). The van der Waals surface area contributed by atoms with Gasteiger partial charge in [-0.15, -0.1) is 0 Å². The molecule has 0 aliphatic carbocycles. The summed E-state index contributed by atoms with van der Waals surface area (Å²) in [7, 11) is 0. The van der Waals surface area contributed by atoms with Crippen LogP contribution in [-0.2, 0) is 14.3 Å². The topological polar surface area (TPSA) is 95.9 Å². The van der Waals surface area contributed by atoms with E-state index in [1.807, 2.05) is 0 Å². The quantitative estimate of drug-likeness (QED) is 0.0321. The minimum absolute atomic E-state index is 0.00725. The highest BCUT2D eigenvalue weighted by atomic mass is 16.5. The molecule has 0 bridgehead atoms. The van der Waals surface area contributed by atoms with Gasteiger partial charge in [0.1, 0.15) is 0 Å². The van der Waals surface area contributed by atoms with Gasteiger partial charge in [0, 0.05) is 12.8 Å². The zero-order chi connectivity index (χ0) is 46.5. The Morgan fingerprint density at radius 3 is 1.11 bits per heavy atom. The summed E-state index contributed by atoms with van der Waals surface area (Å²) in [6, 6.07) is -0.542. The molecule has 2 atom stereocenters. The fourth-order valence-corrected chi connectivity index (χ4v) is 9.11. The van der Waals surface area contributed by atoms with E-state index in [9.17, 15) is 19.8 Å². The van der Waals surface area contributed by atoms with Crippen molar-refractivity contribution in [3.63, 3.8) is 0 Å². The van der Waals surface area contributed by atoms with E-state index in [0.717, 1.165) is 44.9 Å². The minimum Gasteiger partial charge on any atom is -0.466 e. The molecule has 0 aromatic heterocycles. The molecule has 0 spiro atoms. The number of hydrogen-bond donors (Lipinski definition) is 3. The summed E-state index contributed by atoms with van der Waals surface area (Å²) < 4.78 is 5.49. The SMILES string of the molecule is CCCCCCCC/C=C\CCCCCCCCCCCC(=O)OCCCCCCCCCCCCCCCCCCCCC(=O)NC(CO)C(O)CCCCCCCCCCCC. The van der Waals surface area contributed by atoms with Crippen molar-refractivity contribution in [3.05, 3.63) is 12.2 Å². The molecule has 0 aliphatic rings. The molecule has 6 heteroatoms. The van der Waals surface area contributed by atoms with E-state index in [1.54, 1.807) is 0 Å². The molecule has 380 valence electrons. The first-order valence-corrected chi connectivity index (χ1v) is 28.9. The maximum Gasteiger partial charge on any atom is 0.305 e. The van der Waals surface area contributed by atoms with Crippen LogP contribution in [-0.4, -0.2) is 47.4 Å². The van der Waals surface area contributed by atoms with E-state index < -0.39 is 12.1 Å². The molecule has 0 fully saturated rings. The summed E-state index contributed by atoms with van der Waals surface area (Å²) in [5.41, 5.74) is 0. The molecule has 0 aromatic rings. The molecule has 1 amide bonds. The van der Waals surface area contributed by atoms with Gasteiger partial charge in [0.05, 0.1) is 25.4 Å². The van der Waals surface area contributed by atoms with Crippen LogP contribution in [0.4, 0.5) is 0 Å². The molecular weight excluding hydrogens is 791 g/mol. The van der Waals surface area contributed by atoms with E-state index >= 15 is 0 Å². The Labute approximate surface area is 399 Å². The molecule has 0 aromatic carbocycles. The van der Waals surface area contributed by atoms with Crippen LogP contribution in [0.15, 0.2) is 12.2 Å². The summed E-state index contributed by atoms with van der Waals surface area (Å²) in [6.45, 7) is 4.94. The second-order valence-electron chi connectivity index (χ2n) is 20.0. The Morgan fingerprint density at radius 1 is 0.422 bits per heavy atom. The number of nitrogens with one attached hydrogen (secondary N) is 1. The van der Waals surface area contributed by atoms with Crippen molar-refractivity contribution in [2.75, 3.05) is 13.2 Å². The zero-order valence-corrected chi connectivity index (χ0v) is 43.3. The Kier molecular flexibility index (Phi) is 53.0. The third kappa shape index (κ3) is 50.0. The van der Waals surface area contributed by atoms with Gasteiger partial charge in [0.15, 0.2) is 0 Å². The van der Waals surface area contributed by atoms with Crippen LogP contribution in [0.5, 0.6) is 0 Å². The minimum atomic E-state index is -0.664. The van der Waals surface area contributed by atoms with Crippen molar-refractivity contribution in [2.45, 2.75) is 334 Å². The monoisotopic (exact) mass is 904 g/mol. The predicted molar refractivity (Wildman–Crippen MR) is 278 cm³/mol. The van der Waals surface area contributed by atoms with Gasteiger partial charge in [-0.05, 0) is 51.4 Å². The molecule has 3 N–H and O–H groups in total. The van der Waals surface area contributed by atoms with Crippen molar-refractivity contribution in [3.8, 4) is 0 Å². The summed E-state index contributed by atoms with van der Waals surface area (Å²) >= 11 is 0. The van der Waals surface area contributed by atoms with Crippen molar-refractivity contribution < 1.29 is 24.5 Å². The summed E-state index contributed by atoms with van der Waals surface area (Å²) in [5, 5.41) is 23.1. The van der Waals surface area contributed by atoms with E-state index in [1.165, 1.54) is 244 Å². The van der Waals surface area contributed by atoms with Gasteiger partial charge in [0.25, 0.3) is 0 Å². The average molecular weight is 905 g/mol. The molecule has 0 saturated heterocycles. The van der Waals surface area contributed by atoms with Gasteiger partial charge in [-0.25, -0.2) is 0 Å². The molecule has 0 heterocycles. The number of amides is 1. The van der Waals surface area contributed by atoms with Crippen molar-refractivity contribution >= 4 is 11.9 Å². The van der Waals surface area contributed by atoms with Crippen LogP contribution < -0.4 is 5.32 Å². The van der Waals surface area contributed by atoms with Crippen molar-refractivity contribution in [1.82, 2.24) is 5.32 Å². The molecule has 0 aliphatic heterocycles. The van der Waals surface area contributed by atoms with Crippen LogP contribution in [0.1, 0.15) is 322 Å². The second kappa shape index (κ2) is 54.2. The van der Waals surface area contributed by atoms with Gasteiger partial charge >= 0.3 is 5.97 Å². The van der Waals surface area contributed by atoms with Crippen molar-refractivity contribution in [2.24, 2.45) is 0 Å². The van der Waals surface area contributed by atoms with Crippen LogP contribution in [0.25, 0.3) is 0 Å². The summed E-state index contributed by atoms with van der Waals surface area (Å²) in [4.78, 5) is 24.5. The smallest absolute Gasteiger partial charge is 0.305 e. The number of carbonyl (C=O) groups excluding carboxylic acids is 2. The van der Waals surface area contributed by atoms with E-state index in [0.29, 0.717) is 25.9 Å². The zero-order valence-electron chi connectivity index (χ0n) is 43.3. The number of unbranched alkanes of at least 4 members (excludes halogenated alkanes) is 41. The van der Waals surface area contributed by atoms with Gasteiger partial charge < -0.3 is 20.3 Å². The number of esters is 1. The normalized spacial score (nSPS) is 12.6. The molecule has 6 nitrogen and oxygen atoms in total. The van der Waals surface area contributed by atoms with Gasteiger partial charge in [-0.2, -0.15) is 0 Å². The first-order chi connectivity index (χ1) is 31.5. The molecule has 2 unspecified atom stereocenters. The van der Waals surface area contributed by atoms with E-state index in [4.69, 9.17) is 4.74 Å². The number of carbonyl (C=O) groups is 2. The standard InChI is InChI=1S/C58H113NO5/c1-3-5-7-9-11-13-15-16-17-18-19-23-26-29-32-36-40-44-48-52-58(63)64-53-49-45-41-37-33-30-27-24-21-20-22-25-28-31-35-39-43-47-51-57(62)59-55(54-60)56(61)50-46-42-38-34-14-12-10-8-6-4-2/h16-17,55-56,60-61H,3-15,18-54H2,1-2H3,(H,59,62)/b17-16-. The molecule has 0 radical (unpaired) electrons. The largest absolute Gasteiger partial charge is 0.466 e. The maximum atomic E-state index is 12.4. The number of aliphatic hydroxyl groups is 2. The Balaban J connectivity index is 3.36. The first kappa shape index (κ1) is 62.6. The molecular formula is C58H113NO5. The van der Waals surface area contributed by atoms with Gasteiger partial charge in [-0.3, -0.25) is 9.59 Å². The van der Waals surface area contributed by atoms with Crippen LogP contribution in [0.3, 0.4) is 0 Å². The predicted octanol–water partition coefficient (Wildman–Crippen LogP) is 17.7. The molecule has 0 saturated carbocycles. The fourth-order valence-electron chi connectivity index (χ4n) is 9.11. The van der Waals surface area contributed by atoms with Gasteiger partial charge in [0.2, 0.25) is 5.91 Å². The average Bonchev–Trinajstić information content (AvgIpc) is 3.29. The van der Waals surface area contributed by atoms with Crippen molar-refractivity contribution in [1.29, 1.82) is 0 Å². The summed E-state index contributed by atoms with van der Waals surface area (Å²) in [6.07, 6.45) is 63.5. The van der Waals surface area contributed by atoms with Crippen LogP contribution >= 0.6 is 0 Å². The van der Waals surface area contributed by atoms with Gasteiger partial charge in [-0.1, -0.05) is 270 Å². The lowest BCUT2D eigenvalue weighted by Crippen LogP contribution is -2.45. The van der Waals surface area contributed by atoms with E-state index in [-0.39, 0.29) is 18.5 Å². The second-order valence-corrected chi connectivity index (χ2v) is 20.0. The lowest BCUT2D eigenvalue weighted by Gasteiger charge is -2.22.